The highest BCUT2D eigenvalue weighted by atomic mass is 32.2. The lowest BCUT2D eigenvalue weighted by molar-refractivity contribution is -0.113. The Labute approximate surface area is 169 Å². The highest BCUT2D eigenvalue weighted by molar-refractivity contribution is 7.99. The maximum atomic E-state index is 12.3. The zero-order valence-corrected chi connectivity index (χ0v) is 17.1. The van der Waals surface area contributed by atoms with E-state index in [1.807, 2.05) is 73.9 Å². The molecule has 1 aromatic heterocycles. The van der Waals surface area contributed by atoms with Crippen molar-refractivity contribution in [1.82, 2.24) is 14.8 Å². The standard InChI is InChI=1S/C21H24N4O2S/c1-4-25-19(13-27-18-8-6-5-7-9-18)23-24-21(25)28-14-20(26)22-17-11-10-15(2)16(3)12-17/h5-12H,4,13-14H2,1-3H3,(H,22,26). The van der Waals surface area contributed by atoms with E-state index in [0.717, 1.165) is 22.8 Å². The summed E-state index contributed by atoms with van der Waals surface area (Å²) in [6, 6.07) is 15.5. The van der Waals surface area contributed by atoms with Crippen LogP contribution in [-0.4, -0.2) is 26.4 Å². The molecule has 6 nitrogen and oxygen atoms in total. The lowest BCUT2D eigenvalue weighted by atomic mass is 10.1. The molecule has 1 N–H and O–H groups in total. The first-order valence-electron chi connectivity index (χ1n) is 9.16. The number of aryl methyl sites for hydroxylation is 2. The number of amides is 1. The van der Waals surface area contributed by atoms with Gasteiger partial charge in [-0.15, -0.1) is 10.2 Å². The van der Waals surface area contributed by atoms with E-state index >= 15 is 0 Å². The number of benzene rings is 2. The summed E-state index contributed by atoms with van der Waals surface area (Å²) in [6.45, 7) is 7.15. The predicted molar refractivity (Wildman–Crippen MR) is 112 cm³/mol. The summed E-state index contributed by atoms with van der Waals surface area (Å²) in [5.74, 6) is 1.73. The van der Waals surface area contributed by atoms with E-state index < -0.39 is 0 Å². The molecule has 3 aromatic rings. The van der Waals surface area contributed by atoms with Crippen molar-refractivity contribution in [1.29, 1.82) is 0 Å². The van der Waals surface area contributed by atoms with Gasteiger partial charge in [0.05, 0.1) is 5.75 Å². The molecule has 7 heteroatoms. The average Bonchev–Trinajstić information content (AvgIpc) is 3.10. The van der Waals surface area contributed by atoms with Crippen LogP contribution in [0.25, 0.3) is 0 Å². The van der Waals surface area contributed by atoms with Crippen LogP contribution in [0.5, 0.6) is 5.75 Å². The van der Waals surface area contributed by atoms with Gasteiger partial charge in [-0.05, 0) is 56.2 Å². The van der Waals surface area contributed by atoms with Crippen molar-refractivity contribution in [3.05, 3.63) is 65.5 Å². The number of hydrogen-bond acceptors (Lipinski definition) is 5. The Hall–Kier alpha value is -2.80. The molecule has 1 heterocycles. The molecular weight excluding hydrogens is 372 g/mol. The average molecular weight is 397 g/mol. The van der Waals surface area contributed by atoms with Crippen LogP contribution >= 0.6 is 11.8 Å². The molecule has 28 heavy (non-hydrogen) atoms. The molecule has 0 radical (unpaired) electrons. The van der Waals surface area contributed by atoms with E-state index in [-0.39, 0.29) is 11.7 Å². The highest BCUT2D eigenvalue weighted by Crippen LogP contribution is 2.20. The second kappa shape index (κ2) is 9.41. The number of ether oxygens (including phenoxy) is 1. The van der Waals surface area contributed by atoms with Gasteiger partial charge in [0.15, 0.2) is 11.0 Å². The van der Waals surface area contributed by atoms with Gasteiger partial charge in [-0.1, -0.05) is 36.0 Å². The normalized spacial score (nSPS) is 10.7. The van der Waals surface area contributed by atoms with Crippen molar-refractivity contribution in [2.75, 3.05) is 11.1 Å². The van der Waals surface area contributed by atoms with Crippen LogP contribution in [-0.2, 0) is 17.9 Å². The van der Waals surface area contributed by atoms with Crippen LogP contribution in [0.4, 0.5) is 5.69 Å². The number of carbonyl (C=O) groups is 1. The molecular formula is C21H24N4O2S. The topological polar surface area (TPSA) is 69.0 Å². The Bertz CT molecular complexity index is 941. The van der Waals surface area contributed by atoms with Gasteiger partial charge in [-0.3, -0.25) is 4.79 Å². The summed E-state index contributed by atoms with van der Waals surface area (Å²) < 4.78 is 7.73. The summed E-state index contributed by atoms with van der Waals surface area (Å²) in [5.41, 5.74) is 3.16. The Morgan fingerprint density at radius 2 is 1.89 bits per heavy atom. The van der Waals surface area contributed by atoms with Gasteiger partial charge in [0, 0.05) is 12.2 Å². The molecule has 0 aliphatic heterocycles. The summed E-state index contributed by atoms with van der Waals surface area (Å²) >= 11 is 1.37. The van der Waals surface area contributed by atoms with E-state index in [1.54, 1.807) is 0 Å². The molecule has 146 valence electrons. The lowest BCUT2D eigenvalue weighted by Gasteiger charge is -2.09. The van der Waals surface area contributed by atoms with E-state index in [2.05, 4.69) is 15.5 Å². The van der Waals surface area contributed by atoms with E-state index in [1.165, 1.54) is 17.3 Å². The Morgan fingerprint density at radius 3 is 2.61 bits per heavy atom. The number of carbonyl (C=O) groups excluding carboxylic acids is 1. The molecule has 2 aromatic carbocycles. The van der Waals surface area contributed by atoms with Crippen LogP contribution in [0, 0.1) is 13.8 Å². The zero-order valence-electron chi connectivity index (χ0n) is 16.3. The van der Waals surface area contributed by atoms with E-state index in [4.69, 9.17) is 4.74 Å². The van der Waals surface area contributed by atoms with Crippen LogP contribution < -0.4 is 10.1 Å². The smallest absolute Gasteiger partial charge is 0.234 e. The molecule has 0 aliphatic rings. The second-order valence-corrected chi connectivity index (χ2v) is 7.32. The van der Waals surface area contributed by atoms with Crippen molar-refractivity contribution < 1.29 is 9.53 Å². The number of nitrogens with one attached hydrogen (secondary N) is 1. The molecule has 3 rings (SSSR count). The minimum absolute atomic E-state index is 0.0685. The molecule has 0 saturated carbocycles. The maximum absolute atomic E-state index is 12.3. The SMILES string of the molecule is CCn1c(COc2ccccc2)nnc1SCC(=O)Nc1ccc(C)c(C)c1. The first kappa shape index (κ1) is 19.9. The maximum Gasteiger partial charge on any atom is 0.234 e. The second-order valence-electron chi connectivity index (χ2n) is 6.38. The number of thioether (sulfide) groups is 1. The third-order valence-corrected chi connectivity index (χ3v) is 5.31. The molecule has 0 fully saturated rings. The van der Waals surface area contributed by atoms with Gasteiger partial charge in [-0.2, -0.15) is 0 Å². The van der Waals surface area contributed by atoms with Crippen LogP contribution in [0.3, 0.4) is 0 Å². The van der Waals surface area contributed by atoms with Gasteiger partial charge in [0.1, 0.15) is 12.4 Å². The number of para-hydroxylation sites is 1. The molecule has 0 aliphatic carbocycles. The van der Waals surface area contributed by atoms with Crippen LogP contribution in [0.1, 0.15) is 23.9 Å². The summed E-state index contributed by atoms with van der Waals surface area (Å²) in [7, 11) is 0. The molecule has 0 atom stereocenters. The van der Waals surface area contributed by atoms with E-state index in [0.29, 0.717) is 18.3 Å². The van der Waals surface area contributed by atoms with Crippen LogP contribution in [0.2, 0.25) is 0 Å². The first-order chi connectivity index (χ1) is 13.6. The van der Waals surface area contributed by atoms with Crippen molar-refractivity contribution in [2.45, 2.75) is 39.1 Å². The van der Waals surface area contributed by atoms with Crippen molar-refractivity contribution in [3.63, 3.8) is 0 Å². The molecule has 1 amide bonds. The highest BCUT2D eigenvalue weighted by Gasteiger charge is 2.14. The van der Waals surface area contributed by atoms with Gasteiger partial charge < -0.3 is 14.6 Å². The third-order valence-electron chi connectivity index (χ3n) is 4.34. The van der Waals surface area contributed by atoms with Gasteiger partial charge in [0.2, 0.25) is 5.91 Å². The number of anilines is 1. The minimum atomic E-state index is -0.0685. The van der Waals surface area contributed by atoms with Crippen LogP contribution in [0.15, 0.2) is 53.7 Å². The number of hydrogen-bond donors (Lipinski definition) is 1. The monoisotopic (exact) mass is 396 g/mol. The fourth-order valence-corrected chi connectivity index (χ4v) is 3.48. The molecule has 0 spiro atoms. The molecule has 0 unspecified atom stereocenters. The van der Waals surface area contributed by atoms with Gasteiger partial charge >= 0.3 is 0 Å². The number of rotatable bonds is 8. The minimum Gasteiger partial charge on any atom is -0.486 e. The van der Waals surface area contributed by atoms with Crippen molar-refractivity contribution in [3.8, 4) is 5.75 Å². The Balaban J connectivity index is 1.57. The van der Waals surface area contributed by atoms with Gasteiger partial charge in [-0.25, -0.2) is 0 Å². The first-order valence-corrected chi connectivity index (χ1v) is 10.1. The Morgan fingerprint density at radius 1 is 1.11 bits per heavy atom. The number of aromatic nitrogens is 3. The predicted octanol–water partition coefficient (Wildman–Crippen LogP) is 4.22. The Kier molecular flexibility index (Phi) is 6.71. The van der Waals surface area contributed by atoms with Crippen molar-refractivity contribution >= 4 is 23.4 Å². The largest absolute Gasteiger partial charge is 0.486 e. The van der Waals surface area contributed by atoms with E-state index in [9.17, 15) is 4.79 Å². The quantitative estimate of drug-likeness (QED) is 0.577. The summed E-state index contributed by atoms with van der Waals surface area (Å²) in [5, 5.41) is 12.1. The molecule has 0 saturated heterocycles. The summed E-state index contributed by atoms with van der Waals surface area (Å²) in [6.07, 6.45) is 0. The summed E-state index contributed by atoms with van der Waals surface area (Å²) in [4.78, 5) is 12.3. The fraction of sp³-hybridized carbons (Fsp3) is 0.286. The van der Waals surface area contributed by atoms with Gasteiger partial charge in [0.25, 0.3) is 0 Å². The lowest BCUT2D eigenvalue weighted by Crippen LogP contribution is -2.15. The molecule has 0 bridgehead atoms. The van der Waals surface area contributed by atoms with Crippen molar-refractivity contribution in [2.24, 2.45) is 0 Å². The fourth-order valence-electron chi connectivity index (χ4n) is 2.66. The zero-order chi connectivity index (χ0) is 19.9. The third kappa shape index (κ3) is 5.13. The number of nitrogens with zero attached hydrogens (tertiary/aromatic N) is 3.